The molecule has 0 unspecified atom stereocenters. The van der Waals surface area contributed by atoms with Crippen molar-refractivity contribution in [2.75, 3.05) is 7.11 Å². The molecular formula is C16H23NO. The van der Waals surface area contributed by atoms with E-state index in [0.717, 1.165) is 36.1 Å². The van der Waals surface area contributed by atoms with Gasteiger partial charge in [0.15, 0.2) is 0 Å². The van der Waals surface area contributed by atoms with Crippen LogP contribution in [0.1, 0.15) is 31.7 Å². The molecule has 3 rings (SSSR count). The van der Waals surface area contributed by atoms with Gasteiger partial charge >= 0.3 is 0 Å². The molecule has 2 saturated carbocycles. The quantitative estimate of drug-likeness (QED) is 0.879. The Hall–Kier alpha value is -1.02. The van der Waals surface area contributed by atoms with Crippen LogP contribution in [-0.2, 0) is 6.54 Å². The summed E-state index contributed by atoms with van der Waals surface area (Å²) in [7, 11) is 1.71. The molecule has 2 bridgehead atoms. The summed E-state index contributed by atoms with van der Waals surface area (Å²) in [5.41, 5.74) is 1.35. The van der Waals surface area contributed by atoms with Gasteiger partial charge in [-0.3, -0.25) is 0 Å². The van der Waals surface area contributed by atoms with Crippen molar-refractivity contribution in [3.05, 3.63) is 29.8 Å². The Kier molecular flexibility index (Phi) is 3.29. The molecule has 18 heavy (non-hydrogen) atoms. The second kappa shape index (κ2) is 4.93. The maximum Gasteiger partial charge on any atom is 0.118 e. The normalized spacial score (nSPS) is 33.9. The number of hydrogen-bond donors (Lipinski definition) is 1. The van der Waals surface area contributed by atoms with E-state index in [4.69, 9.17) is 4.74 Å². The summed E-state index contributed by atoms with van der Waals surface area (Å²) in [6, 6.07) is 9.14. The van der Waals surface area contributed by atoms with Gasteiger partial charge in [-0.25, -0.2) is 0 Å². The first-order valence-electron chi connectivity index (χ1n) is 7.14. The van der Waals surface area contributed by atoms with E-state index < -0.39 is 0 Å². The fourth-order valence-corrected chi connectivity index (χ4v) is 3.91. The smallest absolute Gasteiger partial charge is 0.118 e. The zero-order chi connectivity index (χ0) is 12.5. The van der Waals surface area contributed by atoms with Crippen molar-refractivity contribution in [3.8, 4) is 5.75 Å². The molecule has 98 valence electrons. The molecule has 1 aromatic rings. The van der Waals surface area contributed by atoms with Crippen molar-refractivity contribution in [2.24, 2.45) is 17.8 Å². The van der Waals surface area contributed by atoms with Gasteiger partial charge in [0.2, 0.25) is 0 Å². The Morgan fingerprint density at radius 3 is 2.50 bits per heavy atom. The molecule has 1 aromatic carbocycles. The van der Waals surface area contributed by atoms with Crippen LogP contribution in [0.5, 0.6) is 5.75 Å². The van der Waals surface area contributed by atoms with Gasteiger partial charge in [0.25, 0.3) is 0 Å². The predicted octanol–water partition coefficient (Wildman–Crippen LogP) is 3.22. The third-order valence-electron chi connectivity index (χ3n) is 5.03. The van der Waals surface area contributed by atoms with E-state index in [2.05, 4.69) is 24.4 Å². The minimum Gasteiger partial charge on any atom is -0.497 e. The molecule has 0 aromatic heterocycles. The molecule has 2 nitrogen and oxygen atoms in total. The summed E-state index contributed by atoms with van der Waals surface area (Å²) in [5.74, 6) is 3.72. The summed E-state index contributed by atoms with van der Waals surface area (Å²) in [4.78, 5) is 0. The summed E-state index contributed by atoms with van der Waals surface area (Å²) in [6.45, 7) is 3.41. The molecule has 0 heterocycles. The molecule has 2 aliphatic carbocycles. The van der Waals surface area contributed by atoms with E-state index >= 15 is 0 Å². The van der Waals surface area contributed by atoms with Gasteiger partial charge in [-0.05, 0) is 54.7 Å². The van der Waals surface area contributed by atoms with Crippen molar-refractivity contribution in [3.63, 3.8) is 0 Å². The van der Waals surface area contributed by atoms with E-state index in [1.54, 1.807) is 7.11 Å². The van der Waals surface area contributed by atoms with Gasteiger partial charge in [-0.2, -0.15) is 0 Å². The van der Waals surface area contributed by atoms with Gasteiger partial charge in [0.05, 0.1) is 7.11 Å². The second-order valence-electron chi connectivity index (χ2n) is 5.95. The lowest BCUT2D eigenvalue weighted by molar-refractivity contribution is 0.264. The lowest BCUT2D eigenvalue weighted by Crippen LogP contribution is -2.39. The van der Waals surface area contributed by atoms with E-state index in [1.807, 2.05) is 12.1 Å². The average molecular weight is 245 g/mol. The summed E-state index contributed by atoms with van der Waals surface area (Å²) >= 11 is 0. The maximum atomic E-state index is 5.18. The first-order valence-corrected chi connectivity index (χ1v) is 7.14. The monoisotopic (exact) mass is 245 g/mol. The number of benzene rings is 1. The zero-order valence-electron chi connectivity index (χ0n) is 11.4. The lowest BCUT2D eigenvalue weighted by atomic mass is 9.86. The topological polar surface area (TPSA) is 21.3 Å². The Morgan fingerprint density at radius 1 is 1.17 bits per heavy atom. The minimum atomic E-state index is 0.742. The number of ether oxygens (including phenoxy) is 1. The lowest BCUT2D eigenvalue weighted by Gasteiger charge is -2.29. The number of nitrogens with one attached hydrogen (secondary N) is 1. The summed E-state index contributed by atoms with van der Waals surface area (Å²) < 4.78 is 5.18. The Morgan fingerprint density at radius 2 is 1.89 bits per heavy atom. The van der Waals surface area contributed by atoms with E-state index in [1.165, 1.54) is 24.8 Å². The molecule has 0 spiro atoms. The third-order valence-corrected chi connectivity index (χ3v) is 5.03. The van der Waals surface area contributed by atoms with E-state index in [9.17, 15) is 0 Å². The van der Waals surface area contributed by atoms with Crippen LogP contribution in [0.25, 0.3) is 0 Å². The van der Waals surface area contributed by atoms with Gasteiger partial charge < -0.3 is 10.1 Å². The summed E-state index contributed by atoms with van der Waals surface area (Å²) in [6.07, 6.45) is 4.36. The van der Waals surface area contributed by atoms with Crippen LogP contribution < -0.4 is 10.1 Å². The fourth-order valence-electron chi connectivity index (χ4n) is 3.91. The molecular weight excluding hydrogens is 222 g/mol. The van der Waals surface area contributed by atoms with Gasteiger partial charge in [-0.15, -0.1) is 0 Å². The molecule has 4 atom stereocenters. The van der Waals surface area contributed by atoms with Crippen molar-refractivity contribution in [2.45, 2.75) is 38.8 Å². The molecule has 2 heteroatoms. The fraction of sp³-hybridized carbons (Fsp3) is 0.625. The largest absolute Gasteiger partial charge is 0.497 e. The molecule has 0 amide bonds. The molecule has 2 aliphatic rings. The van der Waals surface area contributed by atoms with Crippen LogP contribution in [0.2, 0.25) is 0 Å². The van der Waals surface area contributed by atoms with Crippen LogP contribution in [0.4, 0.5) is 0 Å². The van der Waals surface area contributed by atoms with Crippen molar-refractivity contribution in [1.82, 2.24) is 5.32 Å². The van der Waals surface area contributed by atoms with Crippen molar-refractivity contribution in [1.29, 1.82) is 0 Å². The van der Waals surface area contributed by atoms with E-state index in [-0.39, 0.29) is 0 Å². The first-order chi connectivity index (χ1) is 8.78. The highest BCUT2D eigenvalue weighted by Crippen LogP contribution is 2.48. The maximum absolute atomic E-state index is 5.18. The van der Waals surface area contributed by atoms with Crippen LogP contribution >= 0.6 is 0 Å². The van der Waals surface area contributed by atoms with E-state index in [0.29, 0.717) is 0 Å². The van der Waals surface area contributed by atoms with Crippen LogP contribution in [0, 0.1) is 17.8 Å². The standard InChI is InChI=1S/C16H23NO/c1-11-13-5-6-14(9-13)16(11)17-10-12-3-7-15(18-2)8-4-12/h3-4,7-8,11,13-14,16-17H,5-6,9-10H2,1-2H3/t11-,13+,14-,16+/m1/s1. The van der Waals surface area contributed by atoms with Gasteiger partial charge in [0, 0.05) is 12.6 Å². The number of rotatable bonds is 4. The van der Waals surface area contributed by atoms with Crippen LogP contribution in [0.3, 0.4) is 0 Å². The Bertz CT molecular complexity index is 398. The minimum absolute atomic E-state index is 0.742. The van der Waals surface area contributed by atoms with Crippen molar-refractivity contribution >= 4 is 0 Å². The SMILES string of the molecule is COc1ccc(CN[C@@H]2[C@@H]3CC[C@@H](C3)[C@H]2C)cc1. The predicted molar refractivity (Wildman–Crippen MR) is 73.6 cm³/mol. The molecule has 0 aliphatic heterocycles. The molecule has 1 N–H and O–H groups in total. The zero-order valence-corrected chi connectivity index (χ0v) is 11.4. The number of methoxy groups -OCH3 is 1. The highest BCUT2D eigenvalue weighted by Gasteiger charge is 2.44. The summed E-state index contributed by atoms with van der Waals surface area (Å²) in [5, 5.41) is 3.78. The second-order valence-corrected chi connectivity index (χ2v) is 5.95. The highest BCUT2D eigenvalue weighted by molar-refractivity contribution is 5.27. The number of fused-ring (bicyclic) bond motifs is 2. The van der Waals surface area contributed by atoms with Crippen LogP contribution in [0.15, 0.2) is 24.3 Å². The van der Waals surface area contributed by atoms with Gasteiger partial charge in [-0.1, -0.05) is 19.1 Å². The average Bonchev–Trinajstić information content (AvgIpc) is 2.99. The van der Waals surface area contributed by atoms with Crippen molar-refractivity contribution < 1.29 is 4.74 Å². The Balaban J connectivity index is 1.57. The molecule has 0 saturated heterocycles. The Labute approximate surface area is 110 Å². The molecule has 0 radical (unpaired) electrons. The van der Waals surface area contributed by atoms with Gasteiger partial charge in [0.1, 0.15) is 5.75 Å². The first kappa shape index (κ1) is 12.0. The third kappa shape index (κ3) is 2.14. The molecule has 2 fully saturated rings. The van der Waals surface area contributed by atoms with Crippen LogP contribution in [-0.4, -0.2) is 13.2 Å². The highest BCUT2D eigenvalue weighted by atomic mass is 16.5. The number of hydrogen-bond acceptors (Lipinski definition) is 2.